The van der Waals surface area contributed by atoms with Gasteiger partial charge in [0.05, 0.1) is 11.5 Å². The van der Waals surface area contributed by atoms with Gasteiger partial charge in [0.25, 0.3) is 0 Å². The Bertz CT molecular complexity index is 209. The van der Waals surface area contributed by atoms with Gasteiger partial charge in [0, 0.05) is 6.04 Å². The Hall–Kier alpha value is -0.610. The summed E-state index contributed by atoms with van der Waals surface area (Å²) in [6, 6.07) is 0.0252. The Labute approximate surface area is 84.3 Å². The van der Waals surface area contributed by atoms with E-state index in [-0.39, 0.29) is 12.0 Å². The summed E-state index contributed by atoms with van der Waals surface area (Å²) in [5.41, 5.74) is -0.722. The molecule has 82 valence electrons. The van der Waals surface area contributed by atoms with E-state index in [0.717, 1.165) is 0 Å². The lowest BCUT2D eigenvalue weighted by Crippen LogP contribution is -2.50. The van der Waals surface area contributed by atoms with E-state index in [1.807, 2.05) is 14.0 Å². The average Bonchev–Trinajstić information content (AvgIpc) is 2.17. The molecular formula is C10H19NO3. The Balaban J connectivity index is 2.52. The van der Waals surface area contributed by atoms with Crippen LogP contribution in [0.4, 0.5) is 0 Å². The molecule has 0 aliphatic heterocycles. The molecule has 0 spiro atoms. The fraction of sp³-hybridized carbons (Fsp3) is 0.900. The number of aliphatic hydroxyl groups is 1. The first kappa shape index (κ1) is 11.5. The van der Waals surface area contributed by atoms with Crippen LogP contribution in [0.5, 0.6) is 0 Å². The van der Waals surface area contributed by atoms with E-state index in [9.17, 15) is 9.90 Å². The first-order valence-electron chi connectivity index (χ1n) is 5.12. The lowest BCUT2D eigenvalue weighted by molar-refractivity contribution is -0.145. The van der Waals surface area contributed by atoms with Gasteiger partial charge >= 0.3 is 5.97 Å². The highest BCUT2D eigenvalue weighted by Gasteiger charge is 2.39. The third kappa shape index (κ3) is 2.25. The molecule has 3 N–H and O–H groups in total. The van der Waals surface area contributed by atoms with Crippen molar-refractivity contribution in [2.24, 2.45) is 5.92 Å². The highest BCUT2D eigenvalue weighted by Crippen LogP contribution is 2.34. The standard InChI is InChI=1S/C10H19NO3/c1-7(11-2)10(14)5-3-8(4-6-10)9(12)13/h7-8,11,14H,3-6H2,1-2H3,(H,12,13). The molecule has 0 heterocycles. The maximum absolute atomic E-state index is 10.7. The van der Waals surface area contributed by atoms with Crippen LogP contribution in [0.1, 0.15) is 32.6 Å². The van der Waals surface area contributed by atoms with Gasteiger partial charge in [-0.25, -0.2) is 0 Å². The van der Waals surface area contributed by atoms with Gasteiger partial charge in [-0.3, -0.25) is 4.79 Å². The second-order valence-electron chi connectivity index (χ2n) is 4.23. The Morgan fingerprint density at radius 2 is 2.00 bits per heavy atom. The molecule has 1 rings (SSSR count). The van der Waals surface area contributed by atoms with Gasteiger partial charge in [0.2, 0.25) is 0 Å². The highest BCUT2D eigenvalue weighted by molar-refractivity contribution is 5.70. The monoisotopic (exact) mass is 201 g/mol. The molecule has 4 nitrogen and oxygen atoms in total. The van der Waals surface area contributed by atoms with E-state index >= 15 is 0 Å². The van der Waals surface area contributed by atoms with Gasteiger partial charge in [-0.15, -0.1) is 0 Å². The fourth-order valence-corrected chi connectivity index (χ4v) is 2.07. The topological polar surface area (TPSA) is 69.6 Å². The Morgan fingerprint density at radius 3 is 2.36 bits per heavy atom. The first-order valence-corrected chi connectivity index (χ1v) is 5.12. The van der Waals surface area contributed by atoms with Crippen LogP contribution in [0.25, 0.3) is 0 Å². The van der Waals surface area contributed by atoms with Crippen molar-refractivity contribution < 1.29 is 15.0 Å². The maximum atomic E-state index is 10.7. The van der Waals surface area contributed by atoms with Crippen LogP contribution >= 0.6 is 0 Å². The van der Waals surface area contributed by atoms with Crippen molar-refractivity contribution in [3.63, 3.8) is 0 Å². The lowest BCUT2D eigenvalue weighted by atomic mass is 9.75. The summed E-state index contributed by atoms with van der Waals surface area (Å²) < 4.78 is 0. The van der Waals surface area contributed by atoms with Crippen LogP contribution < -0.4 is 5.32 Å². The summed E-state index contributed by atoms with van der Waals surface area (Å²) in [6.45, 7) is 1.93. The lowest BCUT2D eigenvalue weighted by Gasteiger charge is -2.39. The van der Waals surface area contributed by atoms with E-state index in [2.05, 4.69) is 5.32 Å². The Kier molecular flexibility index (Phi) is 3.50. The maximum Gasteiger partial charge on any atom is 0.306 e. The smallest absolute Gasteiger partial charge is 0.306 e. The van der Waals surface area contributed by atoms with Crippen molar-refractivity contribution >= 4 is 5.97 Å². The summed E-state index contributed by atoms with van der Waals surface area (Å²) in [7, 11) is 1.81. The zero-order valence-corrected chi connectivity index (χ0v) is 8.79. The normalized spacial score (nSPS) is 35.2. The Morgan fingerprint density at radius 1 is 1.50 bits per heavy atom. The second kappa shape index (κ2) is 4.28. The van der Waals surface area contributed by atoms with Crippen LogP contribution in [0.15, 0.2) is 0 Å². The van der Waals surface area contributed by atoms with Gasteiger partial charge in [0.1, 0.15) is 0 Å². The SMILES string of the molecule is CNC(C)C1(O)CCC(C(=O)O)CC1. The van der Waals surface area contributed by atoms with Crippen molar-refractivity contribution in [2.45, 2.75) is 44.2 Å². The summed E-state index contributed by atoms with van der Waals surface area (Å²) in [6.07, 6.45) is 2.31. The zero-order valence-electron chi connectivity index (χ0n) is 8.79. The molecule has 14 heavy (non-hydrogen) atoms. The molecule has 0 aromatic heterocycles. The predicted molar refractivity (Wildman–Crippen MR) is 53.1 cm³/mol. The van der Waals surface area contributed by atoms with Crippen LogP contribution in [0.3, 0.4) is 0 Å². The molecule has 0 aromatic carbocycles. The molecule has 1 atom stereocenters. The van der Waals surface area contributed by atoms with Crippen LogP contribution in [0.2, 0.25) is 0 Å². The molecule has 0 radical (unpaired) electrons. The molecule has 1 aliphatic carbocycles. The van der Waals surface area contributed by atoms with Crippen molar-refractivity contribution in [1.29, 1.82) is 0 Å². The predicted octanol–water partition coefficient (Wildman–Crippen LogP) is 0.600. The van der Waals surface area contributed by atoms with Crippen LogP contribution in [-0.4, -0.2) is 34.9 Å². The van der Waals surface area contributed by atoms with Gasteiger partial charge < -0.3 is 15.5 Å². The highest BCUT2D eigenvalue weighted by atomic mass is 16.4. The minimum Gasteiger partial charge on any atom is -0.481 e. The molecule has 0 aromatic rings. The number of hydrogen-bond donors (Lipinski definition) is 3. The number of carboxylic acids is 1. The summed E-state index contributed by atoms with van der Waals surface area (Å²) in [4.78, 5) is 10.7. The molecular weight excluding hydrogens is 182 g/mol. The quantitative estimate of drug-likeness (QED) is 0.625. The zero-order chi connectivity index (χ0) is 10.8. The van der Waals surface area contributed by atoms with E-state index in [0.29, 0.717) is 25.7 Å². The number of nitrogens with one attached hydrogen (secondary N) is 1. The first-order chi connectivity index (χ1) is 6.49. The van der Waals surface area contributed by atoms with Gasteiger partial charge in [-0.2, -0.15) is 0 Å². The van der Waals surface area contributed by atoms with Crippen LogP contribution in [0, 0.1) is 5.92 Å². The van der Waals surface area contributed by atoms with Crippen molar-refractivity contribution in [3.05, 3.63) is 0 Å². The number of likely N-dealkylation sites (N-methyl/N-ethyl adjacent to an activating group) is 1. The molecule has 1 fully saturated rings. The molecule has 1 aliphatic rings. The molecule has 0 amide bonds. The summed E-state index contributed by atoms with van der Waals surface area (Å²) in [5, 5.41) is 22.0. The molecule has 1 unspecified atom stereocenters. The average molecular weight is 201 g/mol. The molecule has 4 heteroatoms. The number of rotatable bonds is 3. The summed E-state index contributed by atoms with van der Waals surface area (Å²) in [5.74, 6) is -0.997. The second-order valence-corrected chi connectivity index (χ2v) is 4.23. The largest absolute Gasteiger partial charge is 0.481 e. The number of carboxylic acid groups (broad SMARTS) is 1. The summed E-state index contributed by atoms with van der Waals surface area (Å²) >= 11 is 0. The van der Waals surface area contributed by atoms with Crippen molar-refractivity contribution in [2.75, 3.05) is 7.05 Å². The number of hydrogen-bond acceptors (Lipinski definition) is 3. The fourth-order valence-electron chi connectivity index (χ4n) is 2.07. The number of aliphatic carboxylic acids is 1. The molecule has 0 bridgehead atoms. The van der Waals surface area contributed by atoms with Gasteiger partial charge in [0.15, 0.2) is 0 Å². The molecule has 0 saturated heterocycles. The van der Waals surface area contributed by atoms with E-state index in [4.69, 9.17) is 5.11 Å². The third-order valence-electron chi connectivity index (χ3n) is 3.44. The minimum absolute atomic E-state index is 0.0252. The third-order valence-corrected chi connectivity index (χ3v) is 3.44. The van der Waals surface area contributed by atoms with E-state index in [1.54, 1.807) is 0 Å². The number of carbonyl (C=O) groups is 1. The van der Waals surface area contributed by atoms with Crippen molar-refractivity contribution in [1.82, 2.24) is 5.32 Å². The van der Waals surface area contributed by atoms with Crippen LogP contribution in [-0.2, 0) is 4.79 Å². The van der Waals surface area contributed by atoms with E-state index < -0.39 is 11.6 Å². The van der Waals surface area contributed by atoms with E-state index in [1.165, 1.54) is 0 Å². The molecule has 1 saturated carbocycles. The van der Waals surface area contributed by atoms with Crippen molar-refractivity contribution in [3.8, 4) is 0 Å². The van der Waals surface area contributed by atoms with Gasteiger partial charge in [-0.1, -0.05) is 0 Å². The minimum atomic E-state index is -0.732. The van der Waals surface area contributed by atoms with Gasteiger partial charge in [-0.05, 0) is 39.7 Å².